The quantitative estimate of drug-likeness (QED) is 0.896. The molecule has 3 N–H and O–H groups in total. The van der Waals surface area contributed by atoms with Crippen molar-refractivity contribution < 1.29 is 18.8 Å². The molecule has 0 spiro atoms. The minimum Gasteiger partial charge on any atom is -0.504 e. The van der Waals surface area contributed by atoms with Gasteiger partial charge >= 0.3 is 0 Å². The lowest BCUT2D eigenvalue weighted by Crippen LogP contribution is -1.97. The lowest BCUT2D eigenvalue weighted by molar-refractivity contribution is 0.351. The van der Waals surface area contributed by atoms with Crippen molar-refractivity contribution in [1.29, 1.82) is 0 Å². The Hall–Kier alpha value is -1.67. The monoisotopic (exact) mass is 317 g/mol. The molecule has 8 heteroatoms. The van der Waals surface area contributed by atoms with E-state index in [4.69, 9.17) is 15.0 Å². The van der Waals surface area contributed by atoms with Gasteiger partial charge in [-0.3, -0.25) is 0 Å². The summed E-state index contributed by atoms with van der Waals surface area (Å²) in [7, 11) is 1.25. The number of rotatable bonds is 3. The van der Waals surface area contributed by atoms with Gasteiger partial charge in [0.15, 0.2) is 17.3 Å². The number of aromatic hydroxyl groups is 1. The van der Waals surface area contributed by atoms with Gasteiger partial charge in [0.1, 0.15) is 0 Å². The van der Waals surface area contributed by atoms with Crippen molar-refractivity contribution in [2.24, 2.45) is 5.73 Å². The summed E-state index contributed by atoms with van der Waals surface area (Å²) in [6, 6.07) is 1.29. The van der Waals surface area contributed by atoms with E-state index in [0.29, 0.717) is 0 Å². The van der Waals surface area contributed by atoms with Gasteiger partial charge in [0.2, 0.25) is 11.7 Å². The van der Waals surface area contributed by atoms with Crippen LogP contribution in [0.15, 0.2) is 15.1 Å². The molecule has 0 fully saturated rings. The molecular weight excluding hydrogens is 309 g/mol. The Kier molecular flexibility index (Phi) is 3.48. The molecule has 0 amide bonds. The Balaban J connectivity index is 2.63. The van der Waals surface area contributed by atoms with Crippen molar-refractivity contribution in [2.75, 3.05) is 7.11 Å². The highest BCUT2D eigenvalue weighted by Gasteiger charge is 2.22. The molecule has 0 aliphatic heterocycles. The molecule has 0 atom stereocenters. The van der Waals surface area contributed by atoms with Gasteiger partial charge in [-0.1, -0.05) is 5.16 Å². The van der Waals surface area contributed by atoms with Crippen molar-refractivity contribution in [3.8, 4) is 22.9 Å². The van der Waals surface area contributed by atoms with E-state index in [9.17, 15) is 9.50 Å². The molecule has 1 aromatic carbocycles. The molecule has 96 valence electrons. The molecular formula is C10H9BrFN3O3. The molecule has 2 rings (SSSR count). The van der Waals surface area contributed by atoms with Gasteiger partial charge in [-0.25, -0.2) is 4.39 Å². The van der Waals surface area contributed by atoms with Crippen LogP contribution in [0, 0.1) is 5.82 Å². The van der Waals surface area contributed by atoms with E-state index < -0.39 is 5.82 Å². The maximum Gasteiger partial charge on any atom is 0.240 e. The van der Waals surface area contributed by atoms with Gasteiger partial charge < -0.3 is 20.1 Å². The smallest absolute Gasteiger partial charge is 0.240 e. The van der Waals surface area contributed by atoms with Crippen LogP contribution in [-0.2, 0) is 6.54 Å². The number of ether oxygens (including phenoxy) is 1. The number of hydrogen-bond acceptors (Lipinski definition) is 6. The fourth-order valence-electron chi connectivity index (χ4n) is 1.43. The predicted octanol–water partition coefficient (Wildman–Crippen LogP) is 1.81. The molecule has 2 aromatic rings. The molecule has 0 aliphatic carbocycles. The second kappa shape index (κ2) is 4.91. The first-order valence-corrected chi connectivity index (χ1v) is 5.65. The summed E-state index contributed by atoms with van der Waals surface area (Å²) in [4.78, 5) is 3.92. The molecule has 0 radical (unpaired) electrons. The third-order valence-corrected chi connectivity index (χ3v) is 2.85. The number of benzene rings is 1. The summed E-state index contributed by atoms with van der Waals surface area (Å²) in [5.41, 5.74) is 5.37. The number of methoxy groups -OCH3 is 1. The summed E-state index contributed by atoms with van der Waals surface area (Å²) in [5, 5.41) is 13.1. The first-order chi connectivity index (χ1) is 8.58. The molecule has 0 bridgehead atoms. The Bertz CT molecular complexity index is 588. The first kappa shape index (κ1) is 12.8. The second-order valence-electron chi connectivity index (χ2n) is 3.32. The van der Waals surface area contributed by atoms with Crippen molar-refractivity contribution in [2.45, 2.75) is 6.54 Å². The molecule has 1 aromatic heterocycles. The van der Waals surface area contributed by atoms with E-state index in [2.05, 4.69) is 26.1 Å². The summed E-state index contributed by atoms with van der Waals surface area (Å²) in [6.45, 7) is 0.0570. The normalized spacial score (nSPS) is 10.7. The number of aromatic nitrogens is 2. The maximum absolute atomic E-state index is 14.1. The largest absolute Gasteiger partial charge is 0.504 e. The van der Waals surface area contributed by atoms with Crippen LogP contribution < -0.4 is 10.5 Å². The zero-order valence-electron chi connectivity index (χ0n) is 9.28. The van der Waals surface area contributed by atoms with Crippen LogP contribution in [0.5, 0.6) is 11.5 Å². The van der Waals surface area contributed by atoms with Crippen LogP contribution in [0.2, 0.25) is 0 Å². The average molecular weight is 318 g/mol. The maximum atomic E-state index is 14.1. The summed E-state index contributed by atoms with van der Waals surface area (Å²) in [6.07, 6.45) is 0. The third kappa shape index (κ3) is 2.04. The zero-order chi connectivity index (χ0) is 13.3. The predicted molar refractivity (Wildman–Crippen MR) is 63.5 cm³/mol. The minimum absolute atomic E-state index is 0.0260. The third-order valence-electron chi connectivity index (χ3n) is 2.22. The Morgan fingerprint density at radius 3 is 2.89 bits per heavy atom. The highest BCUT2D eigenvalue weighted by Crippen LogP contribution is 2.40. The van der Waals surface area contributed by atoms with Crippen LogP contribution in [-0.4, -0.2) is 22.4 Å². The molecule has 18 heavy (non-hydrogen) atoms. The van der Waals surface area contributed by atoms with E-state index >= 15 is 0 Å². The van der Waals surface area contributed by atoms with E-state index in [1.807, 2.05) is 0 Å². The number of phenolic OH excluding ortho intramolecular Hbond substituents is 1. The highest BCUT2D eigenvalue weighted by molar-refractivity contribution is 9.10. The number of nitrogens with zero attached hydrogens (tertiary/aromatic N) is 2. The molecule has 0 saturated heterocycles. The van der Waals surface area contributed by atoms with Crippen molar-refractivity contribution in [3.05, 3.63) is 22.2 Å². The number of phenols is 1. The van der Waals surface area contributed by atoms with Crippen molar-refractivity contribution in [3.63, 3.8) is 0 Å². The molecule has 1 heterocycles. The highest BCUT2D eigenvalue weighted by atomic mass is 79.9. The Morgan fingerprint density at radius 1 is 1.61 bits per heavy atom. The number of hydrogen-bond donors (Lipinski definition) is 2. The average Bonchev–Trinajstić information content (AvgIpc) is 2.77. The van der Waals surface area contributed by atoms with Gasteiger partial charge in [0, 0.05) is 4.47 Å². The lowest BCUT2D eigenvalue weighted by atomic mass is 10.1. The molecule has 0 aliphatic rings. The fraction of sp³-hybridized carbons (Fsp3) is 0.200. The van der Waals surface area contributed by atoms with E-state index in [-0.39, 0.29) is 39.8 Å². The summed E-state index contributed by atoms with van der Waals surface area (Å²) >= 11 is 3.12. The topological polar surface area (TPSA) is 94.4 Å². The van der Waals surface area contributed by atoms with Crippen LogP contribution in [0.4, 0.5) is 4.39 Å². The van der Waals surface area contributed by atoms with Gasteiger partial charge in [-0.15, -0.1) is 0 Å². The van der Waals surface area contributed by atoms with Gasteiger partial charge in [-0.05, 0) is 22.0 Å². The molecule has 0 unspecified atom stereocenters. The van der Waals surface area contributed by atoms with E-state index in [1.165, 1.54) is 13.2 Å². The summed E-state index contributed by atoms with van der Waals surface area (Å²) < 4.78 is 24.0. The van der Waals surface area contributed by atoms with Gasteiger partial charge in [-0.2, -0.15) is 4.98 Å². The van der Waals surface area contributed by atoms with Crippen molar-refractivity contribution >= 4 is 15.9 Å². The van der Waals surface area contributed by atoms with Gasteiger partial charge in [0.25, 0.3) is 0 Å². The van der Waals surface area contributed by atoms with Crippen LogP contribution in [0.1, 0.15) is 5.89 Å². The number of halogens is 2. The molecule has 0 saturated carbocycles. The summed E-state index contributed by atoms with van der Waals surface area (Å²) in [5.74, 6) is -1.18. The van der Waals surface area contributed by atoms with Crippen LogP contribution in [0.25, 0.3) is 11.4 Å². The standard InChI is InChI=1S/C10H9BrFN3O3/c1-17-9-5(16)2-4(11)7(8(9)12)10-14-6(3-13)18-15-10/h2,16H,3,13H2,1H3. The second-order valence-corrected chi connectivity index (χ2v) is 4.17. The van der Waals surface area contributed by atoms with E-state index in [0.717, 1.165) is 0 Å². The lowest BCUT2D eigenvalue weighted by Gasteiger charge is -2.08. The fourth-order valence-corrected chi connectivity index (χ4v) is 2.00. The Morgan fingerprint density at radius 2 is 2.33 bits per heavy atom. The zero-order valence-corrected chi connectivity index (χ0v) is 10.9. The van der Waals surface area contributed by atoms with Gasteiger partial charge in [0.05, 0.1) is 19.2 Å². The Labute approximate surface area is 110 Å². The number of nitrogens with two attached hydrogens (primary N) is 1. The van der Waals surface area contributed by atoms with Crippen LogP contribution >= 0.6 is 15.9 Å². The minimum atomic E-state index is -0.784. The SMILES string of the molecule is COc1c(O)cc(Br)c(-c2noc(CN)n2)c1F. The van der Waals surface area contributed by atoms with Crippen molar-refractivity contribution in [1.82, 2.24) is 10.1 Å². The molecule has 6 nitrogen and oxygen atoms in total. The van der Waals surface area contributed by atoms with Crippen LogP contribution in [0.3, 0.4) is 0 Å². The van der Waals surface area contributed by atoms with E-state index in [1.54, 1.807) is 0 Å². The first-order valence-electron chi connectivity index (χ1n) is 4.86.